The standard InChI is InChI=1S/C18H25N5O2S/c1-6-22-10-9-19-17(22)18-20-15-11-14(26(24,25)21-12(2)3)7-8-16(15)23(18)13(4)5/h7-13,21H,6H2,1-5H3. The molecule has 0 amide bonds. The van der Waals surface area contributed by atoms with E-state index >= 15 is 0 Å². The maximum absolute atomic E-state index is 12.5. The molecule has 0 saturated carbocycles. The summed E-state index contributed by atoms with van der Waals surface area (Å²) in [5.74, 6) is 1.52. The Morgan fingerprint density at radius 2 is 1.88 bits per heavy atom. The summed E-state index contributed by atoms with van der Waals surface area (Å²) in [6, 6.07) is 5.07. The fraction of sp³-hybridized carbons (Fsp3) is 0.444. The van der Waals surface area contributed by atoms with Crippen LogP contribution in [0.3, 0.4) is 0 Å². The van der Waals surface area contributed by atoms with Gasteiger partial charge < -0.3 is 9.13 Å². The molecule has 2 heterocycles. The summed E-state index contributed by atoms with van der Waals surface area (Å²) < 4.78 is 31.7. The summed E-state index contributed by atoms with van der Waals surface area (Å²) in [7, 11) is -3.56. The van der Waals surface area contributed by atoms with Crippen molar-refractivity contribution >= 4 is 21.1 Å². The van der Waals surface area contributed by atoms with Crippen LogP contribution in [0.5, 0.6) is 0 Å². The Morgan fingerprint density at radius 1 is 1.15 bits per heavy atom. The molecular weight excluding hydrogens is 350 g/mol. The average Bonchev–Trinajstić information content (AvgIpc) is 3.16. The molecule has 2 aromatic heterocycles. The summed E-state index contributed by atoms with van der Waals surface area (Å²) in [5, 5.41) is 0. The van der Waals surface area contributed by atoms with Crippen LogP contribution in [-0.4, -0.2) is 33.6 Å². The second-order valence-corrected chi connectivity index (χ2v) is 8.58. The Kier molecular flexibility index (Phi) is 4.90. The second-order valence-electron chi connectivity index (χ2n) is 6.86. The van der Waals surface area contributed by atoms with E-state index in [-0.39, 0.29) is 17.0 Å². The first-order valence-electron chi connectivity index (χ1n) is 8.80. The second kappa shape index (κ2) is 6.85. The molecule has 7 nitrogen and oxygen atoms in total. The lowest BCUT2D eigenvalue weighted by molar-refractivity contribution is 0.570. The minimum Gasteiger partial charge on any atom is -0.329 e. The molecule has 0 aliphatic heterocycles. The molecule has 140 valence electrons. The van der Waals surface area contributed by atoms with Crippen LogP contribution in [0.4, 0.5) is 0 Å². The number of benzene rings is 1. The fourth-order valence-electron chi connectivity index (χ4n) is 3.08. The minimum absolute atomic E-state index is 0.160. The highest BCUT2D eigenvalue weighted by molar-refractivity contribution is 7.89. The topological polar surface area (TPSA) is 81.8 Å². The zero-order valence-electron chi connectivity index (χ0n) is 15.8. The van der Waals surface area contributed by atoms with E-state index in [2.05, 4.69) is 35.0 Å². The molecule has 0 fully saturated rings. The first-order valence-corrected chi connectivity index (χ1v) is 10.3. The number of imidazole rings is 2. The predicted octanol–water partition coefficient (Wildman–Crippen LogP) is 3.19. The molecule has 1 aromatic carbocycles. The van der Waals surface area contributed by atoms with Gasteiger partial charge in [-0.15, -0.1) is 0 Å². The van der Waals surface area contributed by atoms with E-state index in [4.69, 9.17) is 4.98 Å². The number of rotatable bonds is 6. The van der Waals surface area contributed by atoms with Crippen molar-refractivity contribution in [3.05, 3.63) is 30.6 Å². The molecule has 3 aromatic rings. The number of hydrogen-bond donors (Lipinski definition) is 1. The maximum atomic E-state index is 12.5. The van der Waals surface area contributed by atoms with Crippen LogP contribution in [0, 0.1) is 0 Å². The normalized spacial score (nSPS) is 12.6. The Labute approximate surface area is 154 Å². The number of sulfonamides is 1. The molecule has 0 saturated heterocycles. The third-order valence-corrected chi connectivity index (χ3v) is 5.79. The van der Waals surface area contributed by atoms with Gasteiger partial charge in [-0.25, -0.2) is 23.1 Å². The van der Waals surface area contributed by atoms with E-state index in [1.54, 1.807) is 32.2 Å². The molecular formula is C18H25N5O2S. The summed E-state index contributed by atoms with van der Waals surface area (Å²) in [6.45, 7) is 10.6. The zero-order valence-corrected chi connectivity index (χ0v) is 16.6. The van der Waals surface area contributed by atoms with Crippen LogP contribution in [0.15, 0.2) is 35.5 Å². The number of aryl methyl sites for hydroxylation is 1. The van der Waals surface area contributed by atoms with E-state index in [9.17, 15) is 8.42 Å². The Bertz CT molecular complexity index is 1030. The van der Waals surface area contributed by atoms with Crippen molar-refractivity contribution in [2.24, 2.45) is 0 Å². The first-order chi connectivity index (χ1) is 12.2. The molecule has 0 aliphatic rings. The number of hydrogen-bond acceptors (Lipinski definition) is 4. The highest BCUT2D eigenvalue weighted by Gasteiger charge is 2.21. The summed E-state index contributed by atoms with van der Waals surface area (Å²) >= 11 is 0. The molecule has 0 aliphatic carbocycles. The van der Waals surface area contributed by atoms with E-state index in [0.29, 0.717) is 5.52 Å². The molecule has 3 rings (SSSR count). The molecule has 26 heavy (non-hydrogen) atoms. The van der Waals surface area contributed by atoms with Gasteiger partial charge in [-0.1, -0.05) is 0 Å². The first kappa shape index (κ1) is 18.6. The highest BCUT2D eigenvalue weighted by atomic mass is 32.2. The quantitative estimate of drug-likeness (QED) is 0.717. The Morgan fingerprint density at radius 3 is 2.50 bits per heavy atom. The van der Waals surface area contributed by atoms with Gasteiger partial charge in [0.1, 0.15) is 0 Å². The summed E-state index contributed by atoms with van der Waals surface area (Å²) in [6.07, 6.45) is 3.67. The van der Waals surface area contributed by atoms with Gasteiger partial charge in [0.2, 0.25) is 10.0 Å². The lowest BCUT2D eigenvalue weighted by Gasteiger charge is -2.14. The van der Waals surface area contributed by atoms with Crippen LogP contribution in [0.2, 0.25) is 0 Å². The van der Waals surface area contributed by atoms with Gasteiger partial charge in [0, 0.05) is 31.0 Å². The van der Waals surface area contributed by atoms with Crippen molar-refractivity contribution in [3.8, 4) is 11.6 Å². The molecule has 0 unspecified atom stereocenters. The van der Waals surface area contributed by atoms with Crippen LogP contribution in [-0.2, 0) is 16.6 Å². The van der Waals surface area contributed by atoms with Crippen LogP contribution >= 0.6 is 0 Å². The third kappa shape index (κ3) is 3.26. The Hall–Kier alpha value is -2.19. The van der Waals surface area contributed by atoms with Gasteiger partial charge in [-0.05, 0) is 52.8 Å². The van der Waals surface area contributed by atoms with Gasteiger partial charge in [0.25, 0.3) is 0 Å². The number of nitrogens with one attached hydrogen (secondary N) is 1. The molecule has 8 heteroatoms. The van der Waals surface area contributed by atoms with Crippen molar-refractivity contribution < 1.29 is 8.42 Å². The lowest BCUT2D eigenvalue weighted by Crippen LogP contribution is -2.30. The molecule has 0 atom stereocenters. The van der Waals surface area contributed by atoms with Crippen molar-refractivity contribution in [1.29, 1.82) is 0 Å². The minimum atomic E-state index is -3.56. The van der Waals surface area contributed by atoms with E-state index in [1.807, 2.05) is 16.8 Å². The van der Waals surface area contributed by atoms with Crippen molar-refractivity contribution in [2.45, 2.75) is 58.1 Å². The van der Waals surface area contributed by atoms with Gasteiger partial charge in [0.15, 0.2) is 11.6 Å². The van der Waals surface area contributed by atoms with E-state index in [1.165, 1.54) is 0 Å². The summed E-state index contributed by atoms with van der Waals surface area (Å²) in [4.78, 5) is 9.40. The number of fused-ring (bicyclic) bond motifs is 1. The van der Waals surface area contributed by atoms with Crippen LogP contribution < -0.4 is 4.72 Å². The fourth-order valence-corrected chi connectivity index (χ4v) is 4.35. The number of aromatic nitrogens is 4. The van der Waals surface area contributed by atoms with Crippen LogP contribution in [0.25, 0.3) is 22.7 Å². The van der Waals surface area contributed by atoms with Crippen molar-refractivity contribution in [1.82, 2.24) is 23.8 Å². The van der Waals surface area contributed by atoms with E-state index in [0.717, 1.165) is 23.7 Å². The third-order valence-electron chi connectivity index (χ3n) is 4.13. The van der Waals surface area contributed by atoms with E-state index < -0.39 is 10.0 Å². The molecule has 1 N–H and O–H groups in total. The molecule has 0 bridgehead atoms. The largest absolute Gasteiger partial charge is 0.329 e. The maximum Gasteiger partial charge on any atom is 0.240 e. The van der Waals surface area contributed by atoms with Gasteiger partial charge >= 0.3 is 0 Å². The average molecular weight is 375 g/mol. The van der Waals surface area contributed by atoms with Gasteiger partial charge in [-0.3, -0.25) is 0 Å². The molecule has 0 spiro atoms. The van der Waals surface area contributed by atoms with Gasteiger partial charge in [0.05, 0.1) is 15.9 Å². The Balaban J connectivity index is 2.21. The molecule has 0 radical (unpaired) electrons. The van der Waals surface area contributed by atoms with Crippen molar-refractivity contribution in [3.63, 3.8) is 0 Å². The lowest BCUT2D eigenvalue weighted by atomic mass is 10.3. The SMILES string of the molecule is CCn1ccnc1-c1nc2cc(S(=O)(=O)NC(C)C)ccc2n1C(C)C. The summed E-state index contributed by atoms with van der Waals surface area (Å²) in [5.41, 5.74) is 1.54. The highest BCUT2D eigenvalue weighted by Crippen LogP contribution is 2.29. The van der Waals surface area contributed by atoms with Gasteiger partial charge in [-0.2, -0.15) is 0 Å². The van der Waals surface area contributed by atoms with Crippen LogP contribution in [0.1, 0.15) is 40.7 Å². The predicted molar refractivity (Wildman–Crippen MR) is 102 cm³/mol. The smallest absolute Gasteiger partial charge is 0.240 e. The monoisotopic (exact) mass is 375 g/mol. The number of nitrogens with zero attached hydrogens (tertiary/aromatic N) is 4. The zero-order chi connectivity index (χ0) is 19.1. The van der Waals surface area contributed by atoms with Crippen molar-refractivity contribution in [2.75, 3.05) is 0 Å².